The van der Waals surface area contributed by atoms with Crippen LogP contribution in [0.2, 0.25) is 0 Å². The third-order valence-corrected chi connectivity index (χ3v) is 1.52. The van der Waals surface area contributed by atoms with Crippen LogP contribution in [0.3, 0.4) is 0 Å². The van der Waals surface area contributed by atoms with Gasteiger partial charge in [-0.2, -0.15) is 5.10 Å². The average Bonchev–Trinajstić information content (AvgIpc) is 2.75. The van der Waals surface area contributed by atoms with Crippen LogP contribution in [-0.2, 0) is 0 Å². The van der Waals surface area contributed by atoms with Gasteiger partial charge in [0.1, 0.15) is 17.8 Å². The molecule has 0 aromatic carbocycles. The molecule has 0 unspecified atom stereocenters. The minimum absolute atomic E-state index is 0. The number of hydrogen-bond acceptors (Lipinski definition) is 4. The van der Waals surface area contributed by atoms with Crippen molar-refractivity contribution in [3.63, 3.8) is 0 Å². The van der Waals surface area contributed by atoms with Gasteiger partial charge >= 0.3 is 0 Å². The van der Waals surface area contributed by atoms with Crippen molar-refractivity contribution >= 4 is 18.2 Å². The Morgan fingerprint density at radius 3 is 2.79 bits per heavy atom. The number of amidine groups is 1. The van der Waals surface area contributed by atoms with Gasteiger partial charge in [-0.05, 0) is 6.07 Å². The molecule has 0 fully saturated rings. The summed E-state index contributed by atoms with van der Waals surface area (Å²) in [5, 5.41) is 14.8. The lowest BCUT2D eigenvalue weighted by Gasteiger charge is -1.91. The van der Waals surface area contributed by atoms with Gasteiger partial charge in [-0.15, -0.1) is 12.4 Å². The zero-order valence-corrected chi connectivity index (χ0v) is 7.86. The maximum atomic E-state index is 7.13. The molecule has 0 amide bonds. The van der Waals surface area contributed by atoms with E-state index in [1.807, 2.05) is 0 Å². The summed E-state index contributed by atoms with van der Waals surface area (Å²) in [6.07, 6.45) is 3.11. The van der Waals surface area contributed by atoms with E-state index in [0.29, 0.717) is 11.5 Å². The molecular weight excluding hydrogens is 206 g/mol. The topological polar surface area (TPSA) is 93.7 Å². The lowest BCUT2D eigenvalue weighted by atomic mass is 10.4. The van der Waals surface area contributed by atoms with Gasteiger partial charge in [0.2, 0.25) is 0 Å². The molecule has 0 saturated carbocycles. The Morgan fingerprint density at radius 1 is 1.50 bits per heavy atom. The second kappa shape index (κ2) is 3.93. The molecular formula is C7H8ClN5O. The predicted octanol–water partition coefficient (Wildman–Crippen LogP) is 0.566. The second-order valence-corrected chi connectivity index (χ2v) is 2.42. The number of aromatic nitrogens is 3. The molecule has 0 saturated heterocycles. The van der Waals surface area contributed by atoms with Crippen molar-refractivity contribution < 1.29 is 4.52 Å². The normalized spacial score (nSPS) is 9.43. The van der Waals surface area contributed by atoms with Crippen molar-refractivity contribution in [3.8, 4) is 5.82 Å². The fourth-order valence-corrected chi connectivity index (χ4v) is 0.920. The molecule has 0 bridgehead atoms. The molecule has 2 aromatic heterocycles. The van der Waals surface area contributed by atoms with Crippen molar-refractivity contribution in [1.29, 1.82) is 5.41 Å². The lowest BCUT2D eigenvalue weighted by molar-refractivity contribution is 0.415. The summed E-state index contributed by atoms with van der Waals surface area (Å²) >= 11 is 0. The highest BCUT2D eigenvalue weighted by Crippen LogP contribution is 2.03. The standard InChI is InChI=1S/C7H7N5O.ClH/c8-7(9)5-1-3-12(10-5)6-2-4-13-11-6;/h1-4H,(H3,8,9);1H. The van der Waals surface area contributed by atoms with E-state index in [0.717, 1.165) is 0 Å². The molecule has 6 nitrogen and oxygen atoms in total. The third kappa shape index (κ3) is 1.74. The van der Waals surface area contributed by atoms with E-state index < -0.39 is 0 Å². The fraction of sp³-hybridized carbons (Fsp3) is 0. The van der Waals surface area contributed by atoms with Crippen molar-refractivity contribution in [3.05, 3.63) is 30.3 Å². The maximum Gasteiger partial charge on any atom is 0.196 e. The van der Waals surface area contributed by atoms with Gasteiger partial charge in [-0.3, -0.25) is 5.41 Å². The number of halogens is 1. The predicted molar refractivity (Wildman–Crippen MR) is 51.9 cm³/mol. The number of nitrogens with zero attached hydrogens (tertiary/aromatic N) is 3. The monoisotopic (exact) mass is 213 g/mol. The molecule has 74 valence electrons. The molecule has 7 heteroatoms. The number of rotatable bonds is 2. The highest BCUT2D eigenvalue weighted by Gasteiger charge is 2.04. The maximum absolute atomic E-state index is 7.13. The molecule has 0 aliphatic heterocycles. The van der Waals surface area contributed by atoms with Crippen LogP contribution in [0.5, 0.6) is 0 Å². The van der Waals surface area contributed by atoms with Gasteiger partial charge in [-0.1, -0.05) is 5.16 Å². The van der Waals surface area contributed by atoms with Crippen LogP contribution >= 0.6 is 12.4 Å². The van der Waals surface area contributed by atoms with E-state index in [1.54, 1.807) is 18.3 Å². The van der Waals surface area contributed by atoms with Gasteiger partial charge in [0.05, 0.1) is 0 Å². The van der Waals surface area contributed by atoms with E-state index in [9.17, 15) is 0 Å². The summed E-state index contributed by atoms with van der Waals surface area (Å²) in [5.74, 6) is 0.495. The number of hydrogen-bond donors (Lipinski definition) is 2. The molecule has 0 spiro atoms. The molecule has 2 heterocycles. The number of nitrogen functional groups attached to an aromatic ring is 1. The van der Waals surface area contributed by atoms with Crippen molar-refractivity contribution in [1.82, 2.24) is 14.9 Å². The van der Waals surface area contributed by atoms with Crippen molar-refractivity contribution in [2.75, 3.05) is 0 Å². The third-order valence-electron chi connectivity index (χ3n) is 1.52. The van der Waals surface area contributed by atoms with Crippen molar-refractivity contribution in [2.45, 2.75) is 0 Å². The van der Waals surface area contributed by atoms with Crippen LogP contribution in [0, 0.1) is 5.41 Å². The van der Waals surface area contributed by atoms with Crippen LogP contribution in [0.15, 0.2) is 29.1 Å². The molecule has 14 heavy (non-hydrogen) atoms. The number of nitrogens with one attached hydrogen (secondary N) is 1. The van der Waals surface area contributed by atoms with Crippen LogP contribution in [0.25, 0.3) is 5.82 Å². The highest BCUT2D eigenvalue weighted by atomic mass is 35.5. The highest BCUT2D eigenvalue weighted by molar-refractivity contribution is 5.92. The van der Waals surface area contributed by atoms with Crippen LogP contribution in [0.4, 0.5) is 0 Å². The summed E-state index contributed by atoms with van der Waals surface area (Å²) in [6.45, 7) is 0. The first-order chi connectivity index (χ1) is 6.27. The quantitative estimate of drug-likeness (QED) is 0.563. The first kappa shape index (κ1) is 10.3. The molecule has 2 aromatic rings. The van der Waals surface area contributed by atoms with E-state index in [-0.39, 0.29) is 18.2 Å². The van der Waals surface area contributed by atoms with Gasteiger partial charge in [0.25, 0.3) is 0 Å². The first-order valence-corrected chi connectivity index (χ1v) is 3.58. The molecule has 0 radical (unpaired) electrons. The number of nitrogens with two attached hydrogens (primary N) is 1. The Labute approximate surface area is 85.6 Å². The van der Waals surface area contributed by atoms with Crippen LogP contribution < -0.4 is 5.73 Å². The smallest absolute Gasteiger partial charge is 0.196 e. The fourth-order valence-electron chi connectivity index (χ4n) is 0.920. The molecule has 0 aliphatic rings. The second-order valence-electron chi connectivity index (χ2n) is 2.42. The summed E-state index contributed by atoms with van der Waals surface area (Å²) in [7, 11) is 0. The average molecular weight is 214 g/mol. The molecule has 2 rings (SSSR count). The minimum Gasteiger partial charge on any atom is -0.382 e. The van der Waals surface area contributed by atoms with Gasteiger partial charge < -0.3 is 10.3 Å². The van der Waals surface area contributed by atoms with Crippen molar-refractivity contribution in [2.24, 2.45) is 5.73 Å². The van der Waals surface area contributed by atoms with E-state index in [4.69, 9.17) is 11.1 Å². The summed E-state index contributed by atoms with van der Waals surface area (Å²) < 4.78 is 6.13. The summed E-state index contributed by atoms with van der Waals surface area (Å²) in [5.41, 5.74) is 5.66. The summed E-state index contributed by atoms with van der Waals surface area (Å²) in [4.78, 5) is 0. The Kier molecular flexibility index (Phi) is 2.88. The zero-order valence-electron chi connectivity index (χ0n) is 7.04. The van der Waals surface area contributed by atoms with Crippen LogP contribution in [0.1, 0.15) is 5.69 Å². The molecule has 0 aliphatic carbocycles. The Morgan fingerprint density at radius 2 is 2.29 bits per heavy atom. The Balaban J connectivity index is 0.000000980. The molecule has 0 atom stereocenters. The Hall–Kier alpha value is -1.82. The van der Waals surface area contributed by atoms with Gasteiger partial charge in [0.15, 0.2) is 5.82 Å². The minimum atomic E-state index is -0.0674. The Bertz CT molecular complexity index is 421. The van der Waals surface area contributed by atoms with E-state index >= 15 is 0 Å². The van der Waals surface area contributed by atoms with Gasteiger partial charge in [0, 0.05) is 12.3 Å². The van der Waals surface area contributed by atoms with E-state index in [1.165, 1.54) is 10.9 Å². The summed E-state index contributed by atoms with van der Waals surface area (Å²) in [6, 6.07) is 3.30. The largest absolute Gasteiger partial charge is 0.382 e. The molecule has 3 N–H and O–H groups in total. The SMILES string of the molecule is Cl.N=C(N)c1ccn(-c2ccon2)n1. The zero-order chi connectivity index (χ0) is 9.26. The van der Waals surface area contributed by atoms with Gasteiger partial charge in [-0.25, -0.2) is 4.68 Å². The first-order valence-electron chi connectivity index (χ1n) is 3.58. The van der Waals surface area contributed by atoms with E-state index in [2.05, 4.69) is 14.8 Å². The van der Waals surface area contributed by atoms with Crippen LogP contribution in [-0.4, -0.2) is 20.8 Å². The lowest BCUT2D eigenvalue weighted by Crippen LogP contribution is -2.12.